The third-order valence-electron chi connectivity index (χ3n) is 4.63. The second kappa shape index (κ2) is 6.42. The minimum Gasteiger partial charge on any atom is -0.0845 e. The molecule has 2 aliphatic carbocycles. The molecule has 2 unspecified atom stereocenters. The first kappa shape index (κ1) is 12.9. The predicted molar refractivity (Wildman–Crippen MR) is 76.0 cm³/mol. The van der Waals surface area contributed by atoms with Crippen LogP contribution in [0.5, 0.6) is 0 Å². The van der Waals surface area contributed by atoms with Gasteiger partial charge in [-0.15, -0.1) is 0 Å². The zero-order valence-corrected chi connectivity index (χ0v) is 11.6. The first-order chi connectivity index (χ1) is 8.29. The lowest BCUT2D eigenvalue weighted by Gasteiger charge is -2.19. The molecule has 0 heterocycles. The van der Waals surface area contributed by atoms with Crippen molar-refractivity contribution >= 4 is 0 Å². The Balaban J connectivity index is 2.10. The van der Waals surface area contributed by atoms with Crippen LogP contribution in [0.4, 0.5) is 0 Å². The van der Waals surface area contributed by atoms with Gasteiger partial charge in [0.15, 0.2) is 0 Å². The van der Waals surface area contributed by atoms with Crippen LogP contribution in [0, 0.1) is 17.8 Å². The molecule has 0 aromatic heterocycles. The summed E-state index contributed by atoms with van der Waals surface area (Å²) >= 11 is 0. The normalized spacial score (nSPS) is 30.9. The van der Waals surface area contributed by atoms with E-state index in [1.807, 2.05) is 0 Å². The summed E-state index contributed by atoms with van der Waals surface area (Å²) in [7, 11) is 0. The van der Waals surface area contributed by atoms with Gasteiger partial charge in [-0.25, -0.2) is 0 Å². The Labute approximate surface area is 107 Å². The van der Waals surface area contributed by atoms with Crippen molar-refractivity contribution in [1.29, 1.82) is 0 Å². The Hall–Kier alpha value is -0.520. The van der Waals surface area contributed by atoms with Gasteiger partial charge in [-0.05, 0) is 49.9 Å². The van der Waals surface area contributed by atoms with Crippen LogP contribution in [0.2, 0.25) is 0 Å². The maximum atomic E-state index is 2.47. The molecule has 0 aromatic carbocycles. The Morgan fingerprint density at radius 3 is 2.65 bits per heavy atom. The average molecular weight is 232 g/mol. The summed E-state index contributed by atoms with van der Waals surface area (Å²) in [5, 5.41) is 0. The van der Waals surface area contributed by atoms with Gasteiger partial charge in [0.25, 0.3) is 0 Å². The molecular weight excluding hydrogens is 204 g/mol. The molecule has 17 heavy (non-hydrogen) atoms. The maximum Gasteiger partial charge on any atom is -0.0174 e. The van der Waals surface area contributed by atoms with Crippen molar-refractivity contribution in [1.82, 2.24) is 0 Å². The van der Waals surface area contributed by atoms with E-state index in [1.54, 1.807) is 5.57 Å². The molecule has 0 bridgehead atoms. The Morgan fingerprint density at radius 1 is 1.00 bits per heavy atom. The van der Waals surface area contributed by atoms with E-state index in [9.17, 15) is 0 Å². The molecule has 0 N–H and O–H groups in total. The molecule has 0 radical (unpaired) electrons. The van der Waals surface area contributed by atoms with E-state index in [-0.39, 0.29) is 0 Å². The molecule has 96 valence electrons. The molecule has 2 atom stereocenters. The smallest absolute Gasteiger partial charge is 0.0174 e. The number of rotatable bonds is 1. The van der Waals surface area contributed by atoms with Gasteiger partial charge >= 0.3 is 0 Å². The number of allylic oxidation sites excluding steroid dienone is 4. The summed E-state index contributed by atoms with van der Waals surface area (Å²) in [6, 6.07) is 0. The van der Waals surface area contributed by atoms with Crippen molar-refractivity contribution in [2.45, 2.75) is 65.2 Å². The standard InChI is InChI=1S/C17H28/c1-14(2)16-13-12-15-10-8-6-4-3-5-7-9-11-17(15)16/h7,9,11,14-16H,3-6,8,10,12-13H2,1-2H3. The summed E-state index contributed by atoms with van der Waals surface area (Å²) in [5.74, 6) is 2.60. The molecule has 2 rings (SSSR count). The van der Waals surface area contributed by atoms with Crippen molar-refractivity contribution in [3.05, 3.63) is 23.8 Å². The van der Waals surface area contributed by atoms with E-state index in [4.69, 9.17) is 0 Å². The van der Waals surface area contributed by atoms with Crippen LogP contribution in [0.3, 0.4) is 0 Å². The second-order valence-electron chi connectivity index (χ2n) is 6.21. The quantitative estimate of drug-likeness (QED) is 0.559. The molecule has 0 saturated heterocycles. The van der Waals surface area contributed by atoms with E-state index in [1.165, 1.54) is 51.4 Å². The van der Waals surface area contributed by atoms with Gasteiger partial charge in [0.05, 0.1) is 0 Å². The van der Waals surface area contributed by atoms with Gasteiger partial charge < -0.3 is 0 Å². The van der Waals surface area contributed by atoms with Crippen LogP contribution >= 0.6 is 0 Å². The third kappa shape index (κ3) is 3.47. The molecule has 2 aliphatic rings. The molecular formula is C17H28. The van der Waals surface area contributed by atoms with Crippen LogP contribution in [0.25, 0.3) is 0 Å². The van der Waals surface area contributed by atoms with Gasteiger partial charge in [0.1, 0.15) is 0 Å². The molecule has 0 spiro atoms. The summed E-state index contributed by atoms with van der Waals surface area (Å²) in [4.78, 5) is 0. The van der Waals surface area contributed by atoms with E-state index in [2.05, 4.69) is 32.1 Å². The molecule has 0 aliphatic heterocycles. The van der Waals surface area contributed by atoms with Crippen LogP contribution in [-0.4, -0.2) is 0 Å². The Bertz CT molecular complexity index is 282. The van der Waals surface area contributed by atoms with Crippen molar-refractivity contribution in [2.75, 3.05) is 0 Å². The van der Waals surface area contributed by atoms with E-state index < -0.39 is 0 Å². The monoisotopic (exact) mass is 232 g/mol. The summed E-state index contributed by atoms with van der Waals surface area (Å²) in [6.45, 7) is 4.78. The van der Waals surface area contributed by atoms with Gasteiger partial charge in [0, 0.05) is 0 Å². The van der Waals surface area contributed by atoms with Gasteiger partial charge in [-0.3, -0.25) is 0 Å². The molecule has 0 heteroatoms. The lowest BCUT2D eigenvalue weighted by atomic mass is 9.86. The molecule has 0 aromatic rings. The van der Waals surface area contributed by atoms with Crippen LogP contribution < -0.4 is 0 Å². The molecule has 1 fully saturated rings. The number of hydrogen-bond donors (Lipinski definition) is 0. The first-order valence-corrected chi connectivity index (χ1v) is 7.65. The van der Waals surface area contributed by atoms with Gasteiger partial charge in [-0.2, -0.15) is 0 Å². The highest BCUT2D eigenvalue weighted by Crippen LogP contribution is 2.43. The van der Waals surface area contributed by atoms with Crippen molar-refractivity contribution < 1.29 is 0 Å². The van der Waals surface area contributed by atoms with E-state index in [0.29, 0.717) is 0 Å². The zero-order valence-electron chi connectivity index (χ0n) is 11.6. The number of hydrogen-bond acceptors (Lipinski definition) is 0. The minimum absolute atomic E-state index is 0.824. The third-order valence-corrected chi connectivity index (χ3v) is 4.63. The highest BCUT2D eigenvalue weighted by molar-refractivity contribution is 5.22. The van der Waals surface area contributed by atoms with Crippen molar-refractivity contribution in [3.63, 3.8) is 0 Å². The lowest BCUT2D eigenvalue weighted by Crippen LogP contribution is -2.08. The zero-order chi connectivity index (χ0) is 12.1. The van der Waals surface area contributed by atoms with Crippen LogP contribution in [0.15, 0.2) is 23.8 Å². The summed E-state index contributed by atoms with van der Waals surface area (Å²) < 4.78 is 0. The van der Waals surface area contributed by atoms with Crippen molar-refractivity contribution in [2.24, 2.45) is 17.8 Å². The molecule has 0 amide bonds. The Morgan fingerprint density at radius 2 is 1.82 bits per heavy atom. The largest absolute Gasteiger partial charge is 0.0845 e. The lowest BCUT2D eigenvalue weighted by molar-refractivity contribution is 0.451. The topological polar surface area (TPSA) is 0 Å². The molecule has 1 saturated carbocycles. The summed E-state index contributed by atoms with van der Waals surface area (Å²) in [6.07, 6.45) is 18.5. The fourth-order valence-electron chi connectivity index (χ4n) is 3.59. The predicted octanol–water partition coefficient (Wildman–Crippen LogP) is 5.51. The Kier molecular flexibility index (Phi) is 4.88. The summed E-state index contributed by atoms with van der Waals surface area (Å²) in [5.41, 5.74) is 1.78. The SMILES string of the molecule is CC(C)C1CCC2CCCCCCC=CC=C21. The van der Waals surface area contributed by atoms with Gasteiger partial charge in [-0.1, -0.05) is 56.9 Å². The fraction of sp³-hybridized carbons (Fsp3) is 0.765. The van der Waals surface area contributed by atoms with Crippen molar-refractivity contribution in [3.8, 4) is 0 Å². The van der Waals surface area contributed by atoms with Crippen LogP contribution in [-0.2, 0) is 0 Å². The number of fused-ring (bicyclic) bond motifs is 1. The van der Waals surface area contributed by atoms with Crippen LogP contribution in [0.1, 0.15) is 65.2 Å². The average Bonchev–Trinajstić information content (AvgIpc) is 2.68. The minimum atomic E-state index is 0.824. The highest BCUT2D eigenvalue weighted by Gasteiger charge is 2.31. The maximum absolute atomic E-state index is 2.47. The highest BCUT2D eigenvalue weighted by atomic mass is 14.4. The second-order valence-corrected chi connectivity index (χ2v) is 6.21. The van der Waals surface area contributed by atoms with E-state index >= 15 is 0 Å². The fourth-order valence-corrected chi connectivity index (χ4v) is 3.59. The van der Waals surface area contributed by atoms with Gasteiger partial charge in [0.2, 0.25) is 0 Å². The van der Waals surface area contributed by atoms with E-state index in [0.717, 1.165) is 17.8 Å². The molecule has 0 nitrogen and oxygen atoms in total. The first-order valence-electron chi connectivity index (χ1n) is 7.65.